The Morgan fingerprint density at radius 1 is 1.20 bits per heavy atom. The molecule has 0 amide bonds. The van der Waals surface area contributed by atoms with Crippen molar-refractivity contribution in [1.29, 1.82) is 0 Å². The van der Waals surface area contributed by atoms with Gasteiger partial charge in [0.1, 0.15) is 11.0 Å². The maximum absolute atomic E-state index is 12.8. The maximum Gasteiger partial charge on any atom is 0.277 e. The molecule has 0 saturated heterocycles. The van der Waals surface area contributed by atoms with Crippen LogP contribution in [0.25, 0.3) is 21.9 Å². The number of hydrogen-bond donors (Lipinski definition) is 1. The molecule has 6 heteroatoms. The molecule has 2 aromatic heterocycles. The Kier molecular flexibility index (Phi) is 5.76. The molecule has 0 fully saturated rings. The fraction of sp³-hybridized carbons (Fsp3) is 0.474. The lowest BCUT2D eigenvalue weighted by Crippen LogP contribution is -2.29. The van der Waals surface area contributed by atoms with Crippen molar-refractivity contribution in [3.05, 3.63) is 39.9 Å². The zero-order chi connectivity index (χ0) is 17.8. The molecule has 0 unspecified atom stereocenters. The first-order valence-electron chi connectivity index (χ1n) is 9.02. The van der Waals surface area contributed by atoms with Gasteiger partial charge in [-0.2, -0.15) is 0 Å². The summed E-state index contributed by atoms with van der Waals surface area (Å²) < 4.78 is 1.70. The smallest absolute Gasteiger partial charge is 0.277 e. The number of halogens is 1. The van der Waals surface area contributed by atoms with Crippen molar-refractivity contribution in [2.45, 2.75) is 39.7 Å². The summed E-state index contributed by atoms with van der Waals surface area (Å²) in [4.78, 5) is 22.9. The molecule has 0 spiro atoms. The molecular weight excluding hydrogens is 336 g/mol. The number of fused-ring (bicyclic) bond motifs is 3. The van der Waals surface area contributed by atoms with E-state index in [4.69, 9.17) is 11.6 Å². The third kappa shape index (κ3) is 3.88. The third-order valence-corrected chi connectivity index (χ3v) is 4.72. The molecule has 0 saturated carbocycles. The van der Waals surface area contributed by atoms with Gasteiger partial charge in [-0.1, -0.05) is 25.4 Å². The number of nitrogens with zero attached hydrogens (tertiary/aromatic N) is 3. The molecule has 0 atom stereocenters. The first kappa shape index (κ1) is 18.0. The minimum atomic E-state index is -0.0187. The molecule has 0 bridgehead atoms. The highest BCUT2D eigenvalue weighted by molar-refractivity contribution is 6.31. The van der Waals surface area contributed by atoms with Crippen LogP contribution in [0.2, 0.25) is 5.02 Å². The van der Waals surface area contributed by atoms with Crippen LogP contribution in [0.3, 0.4) is 0 Å². The number of hydrogen-bond acceptors (Lipinski definition) is 3. The van der Waals surface area contributed by atoms with Crippen LogP contribution in [0.4, 0.5) is 0 Å². The largest absolute Gasteiger partial charge is 0.349 e. The van der Waals surface area contributed by atoms with Gasteiger partial charge in [0.05, 0.1) is 6.33 Å². The van der Waals surface area contributed by atoms with Crippen LogP contribution in [-0.2, 0) is 6.54 Å². The molecule has 1 aromatic carbocycles. The van der Waals surface area contributed by atoms with E-state index < -0.39 is 0 Å². The number of H-pyrrole nitrogens is 1. The molecule has 2 heterocycles. The van der Waals surface area contributed by atoms with Crippen molar-refractivity contribution in [2.24, 2.45) is 0 Å². The van der Waals surface area contributed by atoms with Gasteiger partial charge in [-0.15, -0.1) is 0 Å². The van der Waals surface area contributed by atoms with Crippen molar-refractivity contribution in [3.63, 3.8) is 0 Å². The highest BCUT2D eigenvalue weighted by atomic mass is 35.5. The van der Waals surface area contributed by atoms with Crippen molar-refractivity contribution in [3.8, 4) is 0 Å². The zero-order valence-electron chi connectivity index (χ0n) is 14.9. The summed E-state index contributed by atoms with van der Waals surface area (Å²) >= 11 is 6.07. The van der Waals surface area contributed by atoms with Gasteiger partial charge in [-0.05, 0) is 57.1 Å². The lowest BCUT2D eigenvalue weighted by Gasteiger charge is -2.20. The average molecular weight is 361 g/mol. The van der Waals surface area contributed by atoms with Gasteiger partial charge < -0.3 is 9.88 Å². The van der Waals surface area contributed by atoms with Crippen molar-refractivity contribution >= 4 is 33.5 Å². The van der Waals surface area contributed by atoms with Gasteiger partial charge in [0, 0.05) is 22.5 Å². The second kappa shape index (κ2) is 8.02. The van der Waals surface area contributed by atoms with E-state index in [2.05, 4.69) is 28.7 Å². The molecule has 0 aliphatic heterocycles. The van der Waals surface area contributed by atoms with Crippen LogP contribution < -0.4 is 5.56 Å². The van der Waals surface area contributed by atoms with Gasteiger partial charge in [0.2, 0.25) is 0 Å². The number of benzene rings is 1. The first-order valence-corrected chi connectivity index (χ1v) is 9.40. The fourth-order valence-corrected chi connectivity index (χ4v) is 3.53. The topological polar surface area (TPSA) is 53.9 Å². The summed E-state index contributed by atoms with van der Waals surface area (Å²) in [6.45, 7) is 8.32. The summed E-state index contributed by atoms with van der Waals surface area (Å²) in [5.74, 6) is 0. The monoisotopic (exact) mass is 360 g/mol. The van der Waals surface area contributed by atoms with Crippen molar-refractivity contribution in [1.82, 2.24) is 19.4 Å². The van der Waals surface area contributed by atoms with E-state index in [1.807, 2.05) is 18.2 Å². The summed E-state index contributed by atoms with van der Waals surface area (Å²) in [7, 11) is 0. The molecule has 3 rings (SSSR count). The Labute approximate surface area is 152 Å². The third-order valence-electron chi connectivity index (χ3n) is 4.49. The second-order valence-corrected chi connectivity index (χ2v) is 6.91. The van der Waals surface area contributed by atoms with E-state index in [1.54, 1.807) is 10.9 Å². The van der Waals surface area contributed by atoms with E-state index in [0.29, 0.717) is 22.6 Å². The van der Waals surface area contributed by atoms with Gasteiger partial charge in [0.25, 0.3) is 5.56 Å². The molecule has 1 N–H and O–H groups in total. The molecule has 0 radical (unpaired) electrons. The summed E-state index contributed by atoms with van der Waals surface area (Å²) in [5, 5.41) is 1.54. The van der Waals surface area contributed by atoms with Crippen LogP contribution in [-0.4, -0.2) is 39.1 Å². The number of aromatic amines is 1. The van der Waals surface area contributed by atoms with Crippen molar-refractivity contribution < 1.29 is 0 Å². The minimum absolute atomic E-state index is 0.0187. The van der Waals surface area contributed by atoms with Crippen molar-refractivity contribution in [2.75, 3.05) is 19.6 Å². The number of aromatic nitrogens is 3. The molecule has 25 heavy (non-hydrogen) atoms. The van der Waals surface area contributed by atoms with E-state index in [-0.39, 0.29) is 5.56 Å². The Morgan fingerprint density at radius 2 is 1.96 bits per heavy atom. The Morgan fingerprint density at radius 3 is 2.68 bits per heavy atom. The molecule has 5 nitrogen and oxygen atoms in total. The van der Waals surface area contributed by atoms with Gasteiger partial charge in [-0.25, -0.2) is 4.98 Å². The normalized spacial score (nSPS) is 11.8. The van der Waals surface area contributed by atoms with E-state index in [0.717, 1.165) is 49.8 Å². The minimum Gasteiger partial charge on any atom is -0.349 e. The summed E-state index contributed by atoms with van der Waals surface area (Å²) in [6, 6.07) is 5.55. The average Bonchev–Trinajstić information content (AvgIpc) is 2.96. The lowest BCUT2D eigenvalue weighted by atomic mass is 10.2. The Hall–Kier alpha value is -1.85. The van der Waals surface area contributed by atoms with Crippen LogP contribution in [0, 0.1) is 0 Å². The molecular formula is C19H25ClN4O. The highest BCUT2D eigenvalue weighted by Gasteiger charge is 2.11. The lowest BCUT2D eigenvalue weighted by molar-refractivity contribution is 0.265. The van der Waals surface area contributed by atoms with E-state index in [1.165, 1.54) is 0 Å². The van der Waals surface area contributed by atoms with Crippen LogP contribution in [0.15, 0.2) is 29.3 Å². The fourth-order valence-electron chi connectivity index (χ4n) is 3.35. The van der Waals surface area contributed by atoms with Gasteiger partial charge in [-0.3, -0.25) is 9.36 Å². The molecule has 0 aliphatic carbocycles. The summed E-state index contributed by atoms with van der Waals surface area (Å²) in [6.07, 6.45) is 4.91. The summed E-state index contributed by atoms with van der Waals surface area (Å²) in [5.41, 5.74) is 2.12. The first-order chi connectivity index (χ1) is 12.1. The van der Waals surface area contributed by atoms with Gasteiger partial charge in [0.15, 0.2) is 0 Å². The molecule has 0 aliphatic rings. The van der Waals surface area contributed by atoms with E-state index in [9.17, 15) is 4.79 Å². The van der Waals surface area contributed by atoms with Crippen LogP contribution in [0.5, 0.6) is 0 Å². The number of aryl methyl sites for hydroxylation is 1. The number of rotatable bonds is 8. The maximum atomic E-state index is 12.8. The zero-order valence-corrected chi connectivity index (χ0v) is 15.6. The standard InChI is InChI=1S/C19H25ClN4O/c1-3-8-23(9-4-2)10-5-11-24-13-21-17-15-12-14(20)6-7-16(15)22-18(17)19(24)25/h6-7,12-13,22H,3-5,8-11H2,1-2H3. The second-order valence-electron chi connectivity index (χ2n) is 6.48. The predicted molar refractivity (Wildman–Crippen MR) is 105 cm³/mol. The highest BCUT2D eigenvalue weighted by Crippen LogP contribution is 2.24. The molecule has 134 valence electrons. The number of nitrogens with one attached hydrogen (secondary N) is 1. The van der Waals surface area contributed by atoms with Crippen LogP contribution in [0.1, 0.15) is 33.1 Å². The Balaban J connectivity index is 1.80. The predicted octanol–water partition coefficient (Wildman–Crippen LogP) is 4.04. The SMILES string of the molecule is CCCN(CCC)CCCn1cnc2c([nH]c3ccc(Cl)cc32)c1=O. The quantitative estimate of drug-likeness (QED) is 0.659. The van der Waals surface area contributed by atoms with Crippen LogP contribution >= 0.6 is 11.6 Å². The van der Waals surface area contributed by atoms with Gasteiger partial charge >= 0.3 is 0 Å². The Bertz CT molecular complexity index is 909. The van der Waals surface area contributed by atoms with E-state index >= 15 is 0 Å². The molecule has 3 aromatic rings.